The molecule has 506 valence electrons. The molecule has 0 saturated carbocycles. The summed E-state index contributed by atoms with van der Waals surface area (Å²) in [4.78, 5) is 13.2. The Hall–Kier alpha value is -1.16. The van der Waals surface area contributed by atoms with Gasteiger partial charge in [-0.05, 0) is 19.3 Å². The van der Waals surface area contributed by atoms with Gasteiger partial charge in [-0.1, -0.05) is 373 Å². The van der Waals surface area contributed by atoms with Gasteiger partial charge >= 0.3 is 10.4 Å². The van der Waals surface area contributed by atoms with Crippen LogP contribution in [0.5, 0.6) is 0 Å². The van der Waals surface area contributed by atoms with Crippen molar-refractivity contribution in [2.75, 3.05) is 13.2 Å². The lowest BCUT2D eigenvalue weighted by Crippen LogP contribution is -2.61. The van der Waals surface area contributed by atoms with E-state index >= 15 is 0 Å². The lowest BCUT2D eigenvalue weighted by molar-refractivity contribution is -0.298. The van der Waals surface area contributed by atoms with E-state index < -0.39 is 59.9 Å². The van der Waals surface area contributed by atoms with Crippen molar-refractivity contribution in [2.45, 2.75) is 429 Å². The average molecular weight is 1230 g/mol. The number of rotatable bonds is 67. The second-order valence-corrected chi connectivity index (χ2v) is 27.3. The Morgan fingerprint density at radius 1 is 0.459 bits per heavy atom. The van der Waals surface area contributed by atoms with E-state index in [1.165, 1.54) is 321 Å². The van der Waals surface area contributed by atoms with E-state index in [-0.39, 0.29) is 18.9 Å². The highest BCUT2D eigenvalue weighted by molar-refractivity contribution is 7.80. The Bertz CT molecular complexity index is 1540. The Balaban J connectivity index is 2.19. The summed E-state index contributed by atoms with van der Waals surface area (Å²) in [6, 6.07) is -0.942. The van der Waals surface area contributed by atoms with E-state index in [1.807, 2.05) is 6.08 Å². The van der Waals surface area contributed by atoms with Gasteiger partial charge in [0.25, 0.3) is 0 Å². The van der Waals surface area contributed by atoms with Gasteiger partial charge in [-0.3, -0.25) is 9.35 Å². The van der Waals surface area contributed by atoms with E-state index in [1.54, 1.807) is 6.08 Å². The number of unbranched alkanes of at least 4 members (excludes halogenated alkanes) is 55. The monoisotopic (exact) mass is 1230 g/mol. The topological polar surface area (TPSA) is 192 Å². The number of nitrogens with one attached hydrogen (secondary N) is 1. The predicted molar refractivity (Wildman–Crippen MR) is 356 cm³/mol. The molecule has 85 heavy (non-hydrogen) atoms. The summed E-state index contributed by atoms with van der Waals surface area (Å²) < 4.78 is 48.1. The van der Waals surface area contributed by atoms with Gasteiger partial charge in [0, 0.05) is 6.42 Å². The lowest BCUT2D eigenvalue weighted by Gasteiger charge is -2.41. The minimum Gasteiger partial charge on any atom is -0.394 e. The second-order valence-electron chi connectivity index (χ2n) is 26.3. The van der Waals surface area contributed by atoms with Crippen LogP contribution in [0.4, 0.5) is 0 Å². The van der Waals surface area contributed by atoms with Crippen molar-refractivity contribution in [3.05, 3.63) is 12.2 Å². The van der Waals surface area contributed by atoms with Crippen molar-refractivity contribution in [1.82, 2.24) is 5.32 Å². The van der Waals surface area contributed by atoms with Crippen LogP contribution < -0.4 is 5.32 Å². The van der Waals surface area contributed by atoms with Crippen molar-refractivity contribution < 1.29 is 51.8 Å². The zero-order valence-corrected chi connectivity index (χ0v) is 56.5. The highest BCUT2D eigenvalue weighted by Crippen LogP contribution is 2.27. The number of hydrogen-bond donors (Lipinski definition) is 6. The summed E-state index contributed by atoms with van der Waals surface area (Å²) in [5, 5.41) is 45.2. The van der Waals surface area contributed by atoms with Crippen LogP contribution in [0.25, 0.3) is 0 Å². The minimum absolute atomic E-state index is 0.252. The van der Waals surface area contributed by atoms with Crippen molar-refractivity contribution in [2.24, 2.45) is 0 Å². The standard InChI is InChI=1S/C72H141NO11S/c1-3-5-7-9-11-13-15-17-19-21-23-25-27-28-29-30-31-32-33-34-35-36-37-38-40-42-44-46-48-50-52-54-56-58-60-62-68(76)73-65(64-82-72-70(78)71(84-85(79,80)81)69(77)67(63-74)83-72)66(75)61-59-57-55-53-51-49-47-45-43-41-39-26-24-22-20-18-16-14-12-10-8-6-4-2/h59,61,65-67,69-72,74-75,77-78H,3-58,60,62-64H2,1-2H3,(H,73,76)(H,79,80,81)/b61-59+. The van der Waals surface area contributed by atoms with Crippen LogP contribution in [-0.2, 0) is 28.9 Å². The molecule has 0 aliphatic carbocycles. The number of aliphatic hydroxyl groups is 4. The molecule has 12 nitrogen and oxygen atoms in total. The fourth-order valence-corrected chi connectivity index (χ4v) is 12.9. The summed E-state index contributed by atoms with van der Waals surface area (Å²) in [5.74, 6) is -0.252. The van der Waals surface area contributed by atoms with Gasteiger partial charge in [0.15, 0.2) is 6.29 Å². The molecule has 0 radical (unpaired) electrons. The predicted octanol–water partition coefficient (Wildman–Crippen LogP) is 19.7. The van der Waals surface area contributed by atoms with Crippen molar-refractivity contribution >= 4 is 16.3 Å². The van der Waals surface area contributed by atoms with Gasteiger partial charge in [0.05, 0.1) is 25.4 Å². The van der Waals surface area contributed by atoms with Crippen LogP contribution in [0.2, 0.25) is 0 Å². The maximum absolute atomic E-state index is 13.2. The molecule has 13 heteroatoms. The van der Waals surface area contributed by atoms with E-state index in [2.05, 4.69) is 23.3 Å². The zero-order valence-electron chi connectivity index (χ0n) is 55.7. The summed E-state index contributed by atoms with van der Waals surface area (Å²) >= 11 is 0. The fourth-order valence-electron chi connectivity index (χ4n) is 12.4. The van der Waals surface area contributed by atoms with Crippen LogP contribution >= 0.6 is 0 Å². The molecule has 1 aliphatic heterocycles. The normalized spacial score (nSPS) is 18.2. The smallest absolute Gasteiger partial charge is 0.394 e. The minimum atomic E-state index is -5.09. The van der Waals surface area contributed by atoms with Crippen LogP contribution in [0.3, 0.4) is 0 Å². The SMILES string of the molecule is CCCCCCCCCCCCCCCCCCCCCCC/C=C/C(O)C(COC1OC(CO)C(O)C(OS(=O)(=O)O)C1O)NC(=O)CCCCCCCCCCCCCCCCCCCCCCCCCCCCCCCCCCCCC. The molecule has 1 saturated heterocycles. The molecule has 7 unspecified atom stereocenters. The molecule has 1 aliphatic rings. The second kappa shape index (κ2) is 61.7. The molecular weight excluding hydrogens is 1090 g/mol. The highest BCUT2D eigenvalue weighted by atomic mass is 32.3. The molecule has 7 atom stereocenters. The van der Waals surface area contributed by atoms with Gasteiger partial charge in [-0.2, -0.15) is 8.42 Å². The largest absolute Gasteiger partial charge is 0.397 e. The summed E-state index contributed by atoms with van der Waals surface area (Å²) in [5.41, 5.74) is 0. The van der Waals surface area contributed by atoms with Crippen molar-refractivity contribution in [3.8, 4) is 0 Å². The Morgan fingerprint density at radius 3 is 1.02 bits per heavy atom. The molecule has 1 fully saturated rings. The number of amides is 1. The number of aliphatic hydroxyl groups excluding tert-OH is 4. The van der Waals surface area contributed by atoms with Crippen LogP contribution in [-0.4, -0.2) is 95.4 Å². The Morgan fingerprint density at radius 2 is 0.741 bits per heavy atom. The molecule has 0 aromatic carbocycles. The van der Waals surface area contributed by atoms with Gasteiger partial charge in [-0.15, -0.1) is 0 Å². The van der Waals surface area contributed by atoms with Crippen LogP contribution in [0, 0.1) is 0 Å². The molecule has 0 bridgehead atoms. The first kappa shape index (κ1) is 81.9. The Kier molecular flexibility index (Phi) is 59.4. The summed E-state index contributed by atoms with van der Waals surface area (Å²) in [7, 11) is -5.09. The van der Waals surface area contributed by atoms with Gasteiger partial charge in [0.1, 0.15) is 24.4 Å². The lowest BCUT2D eigenvalue weighted by atomic mass is 9.99. The maximum Gasteiger partial charge on any atom is 0.397 e. The van der Waals surface area contributed by atoms with E-state index in [4.69, 9.17) is 9.47 Å². The number of ether oxygens (including phenoxy) is 2. The molecule has 0 aromatic heterocycles. The summed E-state index contributed by atoms with van der Waals surface area (Å²) in [6.07, 6.45) is 70.2. The van der Waals surface area contributed by atoms with Crippen molar-refractivity contribution in [1.29, 1.82) is 0 Å². The third kappa shape index (κ3) is 53.2. The first-order valence-electron chi connectivity index (χ1n) is 37.1. The highest BCUT2D eigenvalue weighted by Gasteiger charge is 2.48. The van der Waals surface area contributed by atoms with E-state index in [9.17, 15) is 38.2 Å². The number of allylic oxidation sites excluding steroid dienone is 1. The molecule has 1 amide bonds. The Labute approximate surface area is 525 Å². The quantitative estimate of drug-likeness (QED) is 0.0193. The molecule has 0 spiro atoms. The third-order valence-electron chi connectivity index (χ3n) is 18.1. The van der Waals surface area contributed by atoms with Gasteiger partial charge in [-0.25, -0.2) is 4.18 Å². The average Bonchev–Trinajstić information content (AvgIpc) is 3.46. The van der Waals surface area contributed by atoms with Gasteiger partial charge in [0.2, 0.25) is 5.91 Å². The van der Waals surface area contributed by atoms with Gasteiger partial charge < -0.3 is 35.2 Å². The van der Waals surface area contributed by atoms with Crippen LogP contribution in [0.1, 0.15) is 386 Å². The molecule has 1 rings (SSSR count). The van der Waals surface area contributed by atoms with Crippen LogP contribution in [0.15, 0.2) is 12.2 Å². The third-order valence-corrected chi connectivity index (χ3v) is 18.5. The summed E-state index contributed by atoms with van der Waals surface area (Å²) in [6.45, 7) is 3.47. The maximum atomic E-state index is 13.2. The zero-order chi connectivity index (χ0) is 61.8. The number of carbonyl (C=O) groups excluding carboxylic acids is 1. The molecule has 1 heterocycles. The fraction of sp³-hybridized carbons (Fsp3) is 0.958. The first-order chi connectivity index (χ1) is 41.5. The van der Waals surface area contributed by atoms with Crippen molar-refractivity contribution in [3.63, 3.8) is 0 Å². The number of hydrogen-bond acceptors (Lipinski definition) is 10. The number of carbonyl (C=O) groups is 1. The first-order valence-corrected chi connectivity index (χ1v) is 38.4. The molecular formula is C72H141NO11S. The molecule has 6 N–H and O–H groups in total. The van der Waals surface area contributed by atoms with E-state index in [0.29, 0.717) is 6.42 Å². The van der Waals surface area contributed by atoms with E-state index in [0.717, 1.165) is 38.5 Å². The molecule has 0 aromatic rings.